The Hall–Kier alpha value is -3.19. The lowest BCUT2D eigenvalue weighted by atomic mass is 10.1. The summed E-state index contributed by atoms with van der Waals surface area (Å²) in [5.41, 5.74) is 4.04. The zero-order valence-corrected chi connectivity index (χ0v) is 13.1. The van der Waals surface area contributed by atoms with E-state index in [4.69, 9.17) is 11.6 Å². The molecule has 7 nitrogen and oxygen atoms in total. The molecular formula is C16H12ClN5O2. The van der Waals surface area contributed by atoms with Crippen LogP contribution in [0.5, 0.6) is 0 Å². The molecule has 0 fully saturated rings. The molecule has 120 valence electrons. The molecule has 8 heteroatoms. The fourth-order valence-corrected chi connectivity index (χ4v) is 2.17. The summed E-state index contributed by atoms with van der Waals surface area (Å²) in [7, 11) is 0. The maximum atomic E-state index is 12.1. The second-order valence-electron chi connectivity index (χ2n) is 4.85. The van der Waals surface area contributed by atoms with Gasteiger partial charge in [-0.3, -0.25) is 15.0 Å². The van der Waals surface area contributed by atoms with Crippen LogP contribution in [-0.2, 0) is 0 Å². The molecule has 2 aromatic carbocycles. The molecule has 0 saturated carbocycles. The third-order valence-electron chi connectivity index (χ3n) is 3.14. The normalized spacial score (nSPS) is 10.2. The molecule has 0 unspecified atom stereocenters. The number of hydrogen-bond acceptors (Lipinski definition) is 4. The highest BCUT2D eigenvalue weighted by molar-refractivity contribution is 6.31. The monoisotopic (exact) mass is 341 g/mol. The lowest BCUT2D eigenvalue weighted by Gasteiger charge is -2.07. The molecule has 24 heavy (non-hydrogen) atoms. The number of benzene rings is 2. The summed E-state index contributed by atoms with van der Waals surface area (Å²) in [6.07, 6.45) is 2.75. The van der Waals surface area contributed by atoms with Crippen LogP contribution in [0, 0.1) is 0 Å². The van der Waals surface area contributed by atoms with Gasteiger partial charge in [0, 0.05) is 21.8 Å². The third-order valence-corrected chi connectivity index (χ3v) is 3.38. The zero-order valence-electron chi connectivity index (χ0n) is 12.3. The molecule has 2 amide bonds. The highest BCUT2D eigenvalue weighted by atomic mass is 35.5. The van der Waals surface area contributed by atoms with E-state index in [0.717, 1.165) is 0 Å². The Balaban J connectivity index is 1.66. The number of nitrogens with one attached hydrogen (secondary N) is 2. The highest BCUT2D eigenvalue weighted by Gasteiger charge is 2.09. The van der Waals surface area contributed by atoms with Crippen molar-refractivity contribution in [2.24, 2.45) is 0 Å². The van der Waals surface area contributed by atoms with Crippen molar-refractivity contribution in [3.8, 4) is 0 Å². The Kier molecular flexibility index (Phi) is 4.53. The molecule has 1 aromatic heterocycles. The first kappa shape index (κ1) is 15.7. The van der Waals surface area contributed by atoms with Crippen molar-refractivity contribution in [1.82, 2.24) is 14.9 Å². The number of amides is 2. The van der Waals surface area contributed by atoms with Gasteiger partial charge in [-0.15, -0.1) is 10.2 Å². The van der Waals surface area contributed by atoms with E-state index in [1.54, 1.807) is 48.5 Å². The molecular weight excluding hydrogens is 330 g/mol. The summed E-state index contributed by atoms with van der Waals surface area (Å²) in [4.78, 5) is 24.1. The second-order valence-corrected chi connectivity index (χ2v) is 5.29. The Morgan fingerprint density at radius 1 is 0.917 bits per heavy atom. The summed E-state index contributed by atoms with van der Waals surface area (Å²) < 4.78 is 1.34. The highest BCUT2D eigenvalue weighted by Crippen LogP contribution is 2.14. The van der Waals surface area contributed by atoms with Gasteiger partial charge in [-0.05, 0) is 42.5 Å². The van der Waals surface area contributed by atoms with Gasteiger partial charge in [0.2, 0.25) is 0 Å². The van der Waals surface area contributed by atoms with Crippen LogP contribution in [0.2, 0.25) is 5.02 Å². The molecule has 0 bridgehead atoms. The van der Waals surface area contributed by atoms with Crippen molar-refractivity contribution < 1.29 is 9.59 Å². The largest absolute Gasteiger partial charge is 0.322 e. The van der Waals surface area contributed by atoms with Gasteiger partial charge < -0.3 is 5.32 Å². The number of nitrogens with zero attached hydrogens (tertiary/aromatic N) is 3. The molecule has 3 rings (SSSR count). The first-order valence-electron chi connectivity index (χ1n) is 6.95. The quantitative estimate of drug-likeness (QED) is 0.763. The lowest BCUT2D eigenvalue weighted by Crippen LogP contribution is -2.21. The first-order chi connectivity index (χ1) is 11.6. The minimum absolute atomic E-state index is 0.279. The smallest absolute Gasteiger partial charge is 0.270 e. The van der Waals surface area contributed by atoms with Crippen LogP contribution >= 0.6 is 11.6 Å². The van der Waals surface area contributed by atoms with E-state index in [0.29, 0.717) is 21.8 Å². The molecule has 0 atom stereocenters. The summed E-state index contributed by atoms with van der Waals surface area (Å²) in [5.74, 6) is -0.596. The van der Waals surface area contributed by atoms with Gasteiger partial charge in [0.1, 0.15) is 12.7 Å². The maximum absolute atomic E-state index is 12.1. The minimum Gasteiger partial charge on any atom is -0.322 e. The van der Waals surface area contributed by atoms with Crippen LogP contribution in [0.1, 0.15) is 20.7 Å². The summed E-state index contributed by atoms with van der Waals surface area (Å²) in [6.45, 7) is 0. The molecule has 0 spiro atoms. The van der Waals surface area contributed by atoms with Gasteiger partial charge in [-0.1, -0.05) is 17.7 Å². The number of aromatic nitrogens is 3. The summed E-state index contributed by atoms with van der Waals surface area (Å²) in [6, 6.07) is 13.1. The Bertz CT molecular complexity index is 862. The molecule has 3 aromatic rings. The number of hydrogen-bond donors (Lipinski definition) is 2. The van der Waals surface area contributed by atoms with Crippen LogP contribution in [0.3, 0.4) is 0 Å². The molecule has 0 saturated heterocycles. The van der Waals surface area contributed by atoms with Crippen molar-refractivity contribution in [3.63, 3.8) is 0 Å². The molecule has 1 heterocycles. The SMILES string of the molecule is O=C(Nc1ccc(C(=O)Nn2cnnc2)cc1)c1cccc(Cl)c1. The Labute approximate surface area is 142 Å². The molecule has 0 aliphatic rings. The third kappa shape index (κ3) is 3.76. The van der Waals surface area contributed by atoms with Gasteiger partial charge in [-0.2, -0.15) is 0 Å². The standard InChI is InChI=1S/C16H12ClN5O2/c17-13-3-1-2-12(8-13)15(23)20-14-6-4-11(5-7-14)16(24)21-22-9-18-19-10-22/h1-10H,(H,20,23)(H,21,24). The van der Waals surface area contributed by atoms with Crippen molar-refractivity contribution in [3.05, 3.63) is 77.3 Å². The van der Waals surface area contributed by atoms with E-state index in [2.05, 4.69) is 20.9 Å². The van der Waals surface area contributed by atoms with Gasteiger partial charge in [0.25, 0.3) is 11.8 Å². The average molecular weight is 342 g/mol. The van der Waals surface area contributed by atoms with Crippen LogP contribution in [-0.4, -0.2) is 26.7 Å². The number of anilines is 1. The van der Waals surface area contributed by atoms with Gasteiger partial charge in [-0.25, -0.2) is 4.68 Å². The number of carbonyl (C=O) groups excluding carboxylic acids is 2. The van der Waals surface area contributed by atoms with Crippen molar-refractivity contribution >= 4 is 29.1 Å². The molecule has 2 N–H and O–H groups in total. The van der Waals surface area contributed by atoms with E-state index in [1.165, 1.54) is 17.3 Å². The Morgan fingerprint density at radius 3 is 2.29 bits per heavy atom. The fourth-order valence-electron chi connectivity index (χ4n) is 1.98. The van der Waals surface area contributed by atoms with E-state index in [1.807, 2.05) is 0 Å². The van der Waals surface area contributed by atoms with Crippen molar-refractivity contribution in [2.75, 3.05) is 10.7 Å². The topological polar surface area (TPSA) is 88.9 Å². The number of rotatable bonds is 4. The van der Waals surface area contributed by atoms with E-state index < -0.39 is 0 Å². The second kappa shape index (κ2) is 6.93. The number of carbonyl (C=O) groups is 2. The molecule has 0 radical (unpaired) electrons. The minimum atomic E-state index is -0.317. The van der Waals surface area contributed by atoms with Crippen molar-refractivity contribution in [1.29, 1.82) is 0 Å². The predicted octanol–water partition coefficient (Wildman–Crippen LogP) is 2.57. The van der Waals surface area contributed by atoms with Gasteiger partial charge >= 0.3 is 0 Å². The first-order valence-corrected chi connectivity index (χ1v) is 7.32. The van der Waals surface area contributed by atoms with Gasteiger partial charge in [0.05, 0.1) is 0 Å². The maximum Gasteiger partial charge on any atom is 0.270 e. The zero-order chi connectivity index (χ0) is 16.9. The Morgan fingerprint density at radius 2 is 1.62 bits per heavy atom. The average Bonchev–Trinajstić information content (AvgIpc) is 3.08. The molecule has 0 aliphatic carbocycles. The van der Waals surface area contributed by atoms with E-state index in [-0.39, 0.29) is 11.8 Å². The summed E-state index contributed by atoms with van der Waals surface area (Å²) in [5, 5.41) is 10.4. The van der Waals surface area contributed by atoms with E-state index in [9.17, 15) is 9.59 Å². The predicted molar refractivity (Wildman–Crippen MR) is 89.6 cm³/mol. The van der Waals surface area contributed by atoms with Crippen molar-refractivity contribution in [2.45, 2.75) is 0 Å². The van der Waals surface area contributed by atoms with Crippen LogP contribution in [0.25, 0.3) is 0 Å². The van der Waals surface area contributed by atoms with Crippen LogP contribution < -0.4 is 10.7 Å². The van der Waals surface area contributed by atoms with E-state index >= 15 is 0 Å². The number of halogens is 1. The van der Waals surface area contributed by atoms with Crippen LogP contribution in [0.4, 0.5) is 5.69 Å². The summed E-state index contributed by atoms with van der Waals surface area (Å²) >= 11 is 5.87. The lowest BCUT2D eigenvalue weighted by molar-refractivity contribution is 0.100. The molecule has 0 aliphatic heterocycles. The fraction of sp³-hybridized carbons (Fsp3) is 0. The van der Waals surface area contributed by atoms with Crippen LogP contribution in [0.15, 0.2) is 61.2 Å². The van der Waals surface area contributed by atoms with Gasteiger partial charge in [0.15, 0.2) is 0 Å².